The Morgan fingerprint density at radius 2 is 1.58 bits per heavy atom. The number of hydrogen-bond acceptors (Lipinski definition) is 16. The smallest absolute Gasteiger partial charge is 0.394 e. The number of unbranched alkanes of at least 4 members (excludes halogenated alkanes) is 2. The van der Waals surface area contributed by atoms with Crippen LogP contribution in [0.4, 0.5) is 0 Å². The molecule has 2 rings (SSSR count). The fraction of sp³-hybridized carbons (Fsp3) is 0.750. The molecule has 1 aliphatic heterocycles. The third-order valence-electron chi connectivity index (χ3n) is 10.4. The molecule has 1 unspecified atom stereocenters. The van der Waals surface area contributed by atoms with Gasteiger partial charge >= 0.3 is 7.82 Å². The lowest BCUT2D eigenvalue weighted by Crippen LogP contribution is -2.59. The van der Waals surface area contributed by atoms with Crippen molar-refractivity contribution in [2.75, 3.05) is 45.3 Å². The van der Waals surface area contributed by atoms with Gasteiger partial charge in [-0.15, -0.1) is 6.58 Å². The Balaban J connectivity index is -0.00000114. The third-order valence-corrected chi connectivity index (χ3v) is 11.9. The number of carbonyl (C=O) groups is 7. The number of aliphatic hydroxyl groups excluding tert-OH is 2. The summed E-state index contributed by atoms with van der Waals surface area (Å²) in [6.45, 7) is 23.7. The minimum Gasteiger partial charge on any atom is -0.394 e. The van der Waals surface area contributed by atoms with Crippen LogP contribution in [0.2, 0.25) is 0 Å². The molecule has 0 radical (unpaired) electrons. The van der Waals surface area contributed by atoms with Gasteiger partial charge in [-0.1, -0.05) is 61.0 Å². The fourth-order valence-electron chi connectivity index (χ4n) is 6.26. The molecule has 1 aliphatic rings. The van der Waals surface area contributed by atoms with E-state index < -0.39 is 86.0 Å². The number of nitrogens with two attached hydrogens (primary N) is 2. The first-order valence-corrected chi connectivity index (χ1v) is 27.5. The molecule has 0 saturated carbocycles. The summed E-state index contributed by atoms with van der Waals surface area (Å²) in [5, 5.41) is 32.7. The number of H-pyrrole nitrogens is 1. The maximum atomic E-state index is 13.8. The topological polar surface area (TPSA) is 369 Å². The van der Waals surface area contributed by atoms with Crippen LogP contribution >= 0.6 is 20.5 Å². The maximum absolute atomic E-state index is 13.8. The van der Waals surface area contributed by atoms with Crippen molar-refractivity contribution in [3.05, 3.63) is 30.9 Å². The number of rotatable bonds is 31. The molecule has 74 heavy (non-hydrogen) atoms. The molecule has 0 aliphatic carbocycles. The van der Waals surface area contributed by atoms with Crippen molar-refractivity contribution in [1.29, 1.82) is 0 Å². The summed E-state index contributed by atoms with van der Waals surface area (Å²) in [7, 11) is -4.45. The van der Waals surface area contributed by atoms with Crippen molar-refractivity contribution >= 4 is 62.3 Å². The highest BCUT2D eigenvalue weighted by Crippen LogP contribution is 2.45. The first-order chi connectivity index (χ1) is 35.0. The number of aromatic amines is 1. The molecular formula is C48H95N10O14PS. The lowest BCUT2D eigenvalue weighted by atomic mass is 10.0. The van der Waals surface area contributed by atoms with E-state index in [0.717, 1.165) is 19.4 Å². The van der Waals surface area contributed by atoms with E-state index in [1.165, 1.54) is 31.3 Å². The van der Waals surface area contributed by atoms with E-state index in [4.69, 9.17) is 24.3 Å². The van der Waals surface area contributed by atoms with Gasteiger partial charge in [-0.2, -0.15) is 12.6 Å². The second-order valence-electron chi connectivity index (χ2n) is 17.4. The van der Waals surface area contributed by atoms with Crippen molar-refractivity contribution in [1.82, 2.24) is 41.5 Å². The van der Waals surface area contributed by atoms with Crippen LogP contribution in [-0.4, -0.2) is 165 Å². The van der Waals surface area contributed by atoms with Crippen LogP contribution in [0.3, 0.4) is 0 Å². The van der Waals surface area contributed by atoms with Gasteiger partial charge in [0.1, 0.15) is 24.2 Å². The van der Waals surface area contributed by atoms with E-state index >= 15 is 0 Å². The molecule has 432 valence electrons. The molecule has 24 nitrogen and oxygen atoms in total. The third kappa shape index (κ3) is 32.8. The number of phosphoric ester groups is 1. The highest BCUT2D eigenvalue weighted by molar-refractivity contribution is 7.80. The standard InChI is InChI=1S/C36H62N7O12P.C7H16N2OS.2C2H6.CH3NO.H2/c1-8-9-10-15-54-56(51,52)55-25(5)24(4)39-34(49)29(20-44)42-33(48)28(18-26-19-37-22-38-26)40-32(47)27(17-23(2)3)41-35(50)30-12-11-14-43(30)31(46)13-16-53-36(6,7)21-45;1-2-3-4-9-7(10)6(8)5-11;2*1-2;2-1-3;/h8,19,22-25,27-30,44-45H,1,9-18,20-21H2,2-7H3,(H,37,38)(H,39,49)(H,40,47)(H,41,50)(H,42,48)(H,51,52);6,11H,2-5,8H2,1H3,(H,9,10);2*1-2H3;1H,(H2,2,3);1H/t24-,25-,27+,28+,29+,30+;6-;;;;/m10..../s1. The van der Waals surface area contributed by atoms with Crippen LogP contribution in [0.5, 0.6) is 0 Å². The van der Waals surface area contributed by atoms with Crippen molar-refractivity contribution < 1.29 is 68.4 Å². The number of aromatic nitrogens is 2. The molecule has 1 aromatic rings. The molecule has 1 aromatic heterocycles. The van der Waals surface area contributed by atoms with Gasteiger partial charge in [0, 0.05) is 38.6 Å². The number of hydrogen-bond donors (Lipinski definition) is 12. The van der Waals surface area contributed by atoms with Gasteiger partial charge in [0.15, 0.2) is 0 Å². The highest BCUT2D eigenvalue weighted by atomic mass is 32.1. The van der Waals surface area contributed by atoms with Crippen LogP contribution in [-0.2, 0) is 58.3 Å². The molecule has 2 heterocycles. The van der Waals surface area contributed by atoms with Crippen LogP contribution < -0.4 is 38.1 Å². The number of ether oxygens (including phenoxy) is 1. The van der Waals surface area contributed by atoms with E-state index in [-0.39, 0.29) is 64.7 Å². The molecule has 1 fully saturated rings. The van der Waals surface area contributed by atoms with Gasteiger partial charge in [0.05, 0.1) is 63.0 Å². The summed E-state index contributed by atoms with van der Waals surface area (Å²) in [5.74, 6) is -2.95. The number of nitrogens with one attached hydrogen (secondary N) is 6. The second-order valence-corrected chi connectivity index (χ2v) is 19.2. The van der Waals surface area contributed by atoms with Crippen LogP contribution in [0.1, 0.15) is 135 Å². The van der Waals surface area contributed by atoms with Gasteiger partial charge in [0.25, 0.3) is 0 Å². The lowest BCUT2D eigenvalue weighted by Gasteiger charge is -2.29. The van der Waals surface area contributed by atoms with E-state index in [2.05, 4.69) is 68.4 Å². The molecule has 8 atom stereocenters. The van der Waals surface area contributed by atoms with Crippen molar-refractivity contribution in [2.45, 2.75) is 182 Å². The van der Waals surface area contributed by atoms with E-state index in [0.29, 0.717) is 43.7 Å². The number of amides is 7. The highest BCUT2D eigenvalue weighted by Gasteiger charge is 2.37. The summed E-state index contributed by atoms with van der Waals surface area (Å²) in [6, 6.07) is -6.05. The van der Waals surface area contributed by atoms with Crippen molar-refractivity contribution in [3.8, 4) is 0 Å². The summed E-state index contributed by atoms with van der Waals surface area (Å²) in [4.78, 5) is 105. The predicted molar refractivity (Wildman–Crippen MR) is 289 cm³/mol. The Morgan fingerprint density at radius 1 is 0.986 bits per heavy atom. The Bertz CT molecular complexity index is 1790. The zero-order chi connectivity index (χ0) is 57.5. The SMILES string of the molecule is C=CCCCOP(=O)(O)O[C@H](C)[C@@H](C)NC(=O)[C@H](CO)NC(=O)[C@H](Cc1cnc[nH]1)NC(=O)[C@H](CC(C)C)NC(=O)[C@@H]1CCCN1C(=O)CCOC(C)(C)CO.CC.CC.CCCCNC(=O)[C@@H](N)CS.NC=O.[HH]. The largest absolute Gasteiger partial charge is 0.472 e. The Morgan fingerprint density at radius 3 is 2.11 bits per heavy atom. The van der Waals surface area contributed by atoms with Gasteiger partial charge in [-0.3, -0.25) is 42.6 Å². The normalized spacial score (nSPS) is 16.0. The molecule has 26 heteroatoms. The second kappa shape index (κ2) is 42.7. The van der Waals surface area contributed by atoms with Crippen molar-refractivity contribution in [3.63, 3.8) is 0 Å². The first-order valence-electron chi connectivity index (χ1n) is 25.4. The zero-order valence-corrected chi connectivity index (χ0v) is 47.5. The average Bonchev–Trinajstić information content (AvgIpc) is 4.09. The molecule has 0 aromatic carbocycles. The van der Waals surface area contributed by atoms with Gasteiger partial charge in [-0.25, -0.2) is 9.55 Å². The maximum Gasteiger partial charge on any atom is 0.472 e. The number of likely N-dealkylation sites (tertiary alicyclic amines) is 1. The fourth-order valence-corrected chi connectivity index (χ4v) is 7.45. The average molecular weight is 1100 g/mol. The Kier molecular flexibility index (Phi) is 42.6. The van der Waals surface area contributed by atoms with Crippen molar-refractivity contribution in [2.24, 2.45) is 17.4 Å². The van der Waals surface area contributed by atoms with E-state index in [9.17, 15) is 48.4 Å². The number of phosphoric acid groups is 1. The van der Waals surface area contributed by atoms with Gasteiger partial charge < -0.3 is 67.8 Å². The molecule has 13 N–H and O–H groups in total. The minimum atomic E-state index is -4.45. The Hall–Kier alpha value is -4.46. The molecule has 1 saturated heterocycles. The zero-order valence-electron chi connectivity index (χ0n) is 45.7. The first kappa shape index (κ1) is 73.8. The molecule has 7 amide bonds. The number of carbonyl (C=O) groups excluding carboxylic acids is 7. The summed E-state index contributed by atoms with van der Waals surface area (Å²) in [5.41, 5.74) is 9.22. The number of nitrogens with zero attached hydrogens (tertiary/aromatic N) is 2. The van der Waals surface area contributed by atoms with Crippen LogP contribution in [0.25, 0.3) is 0 Å². The number of primary amides is 1. The molecule has 0 bridgehead atoms. The summed E-state index contributed by atoms with van der Waals surface area (Å²) >= 11 is 3.91. The molecule has 0 spiro atoms. The van der Waals surface area contributed by atoms with Crippen LogP contribution in [0, 0.1) is 5.92 Å². The summed E-state index contributed by atoms with van der Waals surface area (Å²) < 4.78 is 28.0. The Labute approximate surface area is 446 Å². The number of aliphatic hydroxyl groups is 2. The quantitative estimate of drug-likeness (QED) is 0.0167. The number of imidazole rings is 1. The van der Waals surface area contributed by atoms with Gasteiger partial charge in [0.2, 0.25) is 41.9 Å². The number of allylic oxidation sites excluding steroid dienone is 1. The van der Waals surface area contributed by atoms with E-state index in [1.807, 2.05) is 41.5 Å². The molecular weight excluding hydrogens is 1000 g/mol. The monoisotopic (exact) mass is 1100 g/mol. The lowest BCUT2D eigenvalue weighted by molar-refractivity contribution is -0.141. The number of thiol groups is 1. The predicted octanol–water partition coefficient (Wildman–Crippen LogP) is 2.17. The van der Waals surface area contributed by atoms with Crippen LogP contribution in [0.15, 0.2) is 25.2 Å². The van der Waals surface area contributed by atoms with Gasteiger partial charge in [-0.05, 0) is 72.1 Å². The minimum absolute atomic E-state index is 0. The summed E-state index contributed by atoms with van der Waals surface area (Å²) in [6.07, 6.45) is 7.88. The van der Waals surface area contributed by atoms with E-state index in [1.54, 1.807) is 19.9 Å².